The lowest BCUT2D eigenvalue weighted by atomic mass is 10.1. The largest absolute Gasteiger partial charge is 0.438 e. The van der Waals surface area contributed by atoms with Gasteiger partial charge in [-0.25, -0.2) is 4.98 Å². The zero-order chi connectivity index (χ0) is 21.8. The molecule has 0 saturated heterocycles. The summed E-state index contributed by atoms with van der Waals surface area (Å²) in [6.45, 7) is 5.62. The summed E-state index contributed by atoms with van der Waals surface area (Å²) >= 11 is 0. The fraction of sp³-hybridized carbons (Fsp3) is 0.227. The highest BCUT2D eigenvalue weighted by molar-refractivity contribution is 5.90. The monoisotopic (exact) mass is 418 g/mol. The maximum Gasteiger partial charge on any atom is 0.238 e. The van der Waals surface area contributed by atoms with E-state index in [1.54, 1.807) is 36.5 Å². The minimum atomic E-state index is -0.0788. The summed E-state index contributed by atoms with van der Waals surface area (Å²) in [4.78, 5) is 16.4. The number of aryl methyl sites for hydroxylation is 3. The number of aromatic nitrogens is 5. The average molecular weight is 418 g/mol. The number of amides is 1. The van der Waals surface area contributed by atoms with Crippen molar-refractivity contribution in [1.82, 2.24) is 24.9 Å². The van der Waals surface area contributed by atoms with Gasteiger partial charge in [-0.2, -0.15) is 0 Å². The van der Waals surface area contributed by atoms with Crippen LogP contribution in [0.5, 0.6) is 11.6 Å². The Labute approximate surface area is 179 Å². The van der Waals surface area contributed by atoms with Crippen LogP contribution >= 0.6 is 0 Å². The number of nitrogens with zero attached hydrogens (tertiary/aromatic N) is 5. The van der Waals surface area contributed by atoms with Gasteiger partial charge in [-0.05, 0) is 57.5 Å². The molecule has 0 atom stereocenters. The first-order valence-corrected chi connectivity index (χ1v) is 9.83. The van der Waals surface area contributed by atoms with Gasteiger partial charge >= 0.3 is 0 Å². The van der Waals surface area contributed by atoms with Gasteiger partial charge < -0.3 is 14.6 Å². The third-order valence-electron chi connectivity index (χ3n) is 4.84. The molecule has 0 fully saturated rings. The molecule has 1 aromatic carbocycles. The molecule has 31 heavy (non-hydrogen) atoms. The van der Waals surface area contributed by atoms with Crippen molar-refractivity contribution in [2.45, 2.75) is 33.6 Å². The van der Waals surface area contributed by atoms with E-state index in [1.165, 1.54) is 0 Å². The second kappa shape index (κ2) is 8.78. The van der Waals surface area contributed by atoms with Crippen molar-refractivity contribution in [2.24, 2.45) is 0 Å². The van der Waals surface area contributed by atoms with Crippen molar-refractivity contribution in [2.75, 3.05) is 5.32 Å². The summed E-state index contributed by atoms with van der Waals surface area (Å²) < 4.78 is 12.7. The predicted octanol–water partition coefficient (Wildman–Crippen LogP) is 3.94. The number of hydrogen-bond acceptors (Lipinski definition) is 7. The Balaban J connectivity index is 1.32. The van der Waals surface area contributed by atoms with E-state index in [0.717, 1.165) is 22.8 Å². The molecule has 4 rings (SSSR count). The highest BCUT2D eigenvalue weighted by Gasteiger charge is 2.11. The Morgan fingerprint density at radius 3 is 2.52 bits per heavy atom. The van der Waals surface area contributed by atoms with E-state index in [1.807, 2.05) is 37.6 Å². The number of rotatable bonds is 7. The topological polar surface area (TPSA) is 108 Å². The number of nitrogens with one attached hydrogen (secondary N) is 1. The molecule has 4 aromatic rings. The molecule has 3 heterocycles. The lowest BCUT2D eigenvalue weighted by molar-refractivity contribution is -0.116. The molecule has 0 aliphatic heterocycles. The van der Waals surface area contributed by atoms with Crippen LogP contribution in [-0.2, 0) is 11.2 Å². The number of imidazole rings is 1. The molecule has 0 aliphatic carbocycles. The van der Waals surface area contributed by atoms with Crippen LogP contribution in [0.3, 0.4) is 0 Å². The zero-order valence-corrected chi connectivity index (χ0v) is 17.5. The Hall–Kier alpha value is -4.01. The molecule has 0 aliphatic rings. The molecule has 0 radical (unpaired) electrons. The zero-order valence-electron chi connectivity index (χ0n) is 17.5. The second-order valence-electron chi connectivity index (χ2n) is 7.05. The molecule has 0 spiro atoms. The van der Waals surface area contributed by atoms with E-state index < -0.39 is 0 Å². The third kappa shape index (κ3) is 4.77. The highest BCUT2D eigenvalue weighted by Crippen LogP contribution is 2.22. The van der Waals surface area contributed by atoms with E-state index in [2.05, 4.69) is 25.7 Å². The molecular formula is C22H22N6O3. The Morgan fingerprint density at radius 1 is 1.10 bits per heavy atom. The first-order valence-electron chi connectivity index (χ1n) is 9.83. The number of benzene rings is 1. The van der Waals surface area contributed by atoms with Crippen molar-refractivity contribution in [3.05, 3.63) is 71.6 Å². The summed E-state index contributed by atoms with van der Waals surface area (Å²) in [7, 11) is 0. The molecule has 158 valence electrons. The average Bonchev–Trinajstić information content (AvgIpc) is 3.33. The van der Waals surface area contributed by atoms with Gasteiger partial charge in [0, 0.05) is 36.1 Å². The molecule has 1 amide bonds. The van der Waals surface area contributed by atoms with Gasteiger partial charge in [0.05, 0.1) is 5.69 Å². The van der Waals surface area contributed by atoms with Crippen LogP contribution in [-0.4, -0.2) is 30.8 Å². The van der Waals surface area contributed by atoms with Crippen molar-refractivity contribution in [3.8, 4) is 17.4 Å². The third-order valence-corrected chi connectivity index (χ3v) is 4.84. The van der Waals surface area contributed by atoms with Crippen LogP contribution in [0.4, 0.5) is 5.69 Å². The minimum Gasteiger partial charge on any atom is -0.438 e. The number of anilines is 1. The first-order chi connectivity index (χ1) is 15.0. The van der Waals surface area contributed by atoms with Crippen molar-refractivity contribution >= 4 is 11.6 Å². The lowest BCUT2D eigenvalue weighted by Gasteiger charge is -2.08. The molecule has 3 aromatic heterocycles. The van der Waals surface area contributed by atoms with E-state index >= 15 is 0 Å². The normalized spacial score (nSPS) is 10.8. The predicted molar refractivity (Wildman–Crippen MR) is 113 cm³/mol. The van der Waals surface area contributed by atoms with Gasteiger partial charge in [0.1, 0.15) is 17.3 Å². The van der Waals surface area contributed by atoms with Crippen molar-refractivity contribution in [1.29, 1.82) is 0 Å². The van der Waals surface area contributed by atoms with Gasteiger partial charge in [0.15, 0.2) is 5.82 Å². The molecule has 0 unspecified atom stereocenters. The molecule has 0 bridgehead atoms. The number of carbonyl (C=O) groups excluding carboxylic acids is 1. The van der Waals surface area contributed by atoms with Crippen LogP contribution < -0.4 is 10.1 Å². The molecule has 1 N–H and O–H groups in total. The minimum absolute atomic E-state index is 0.0788. The van der Waals surface area contributed by atoms with E-state index in [9.17, 15) is 4.79 Å². The fourth-order valence-electron chi connectivity index (χ4n) is 3.16. The van der Waals surface area contributed by atoms with E-state index in [0.29, 0.717) is 36.0 Å². The lowest BCUT2D eigenvalue weighted by Crippen LogP contribution is -2.12. The Kier molecular flexibility index (Phi) is 5.74. The summed E-state index contributed by atoms with van der Waals surface area (Å²) in [5.41, 5.74) is 2.49. The summed E-state index contributed by atoms with van der Waals surface area (Å²) in [5, 5.41) is 15.1. The second-order valence-corrected chi connectivity index (χ2v) is 7.05. The molecule has 9 heteroatoms. The Morgan fingerprint density at radius 2 is 1.90 bits per heavy atom. The highest BCUT2D eigenvalue weighted by atomic mass is 16.5. The number of carbonyl (C=O) groups is 1. The van der Waals surface area contributed by atoms with E-state index in [4.69, 9.17) is 9.26 Å². The number of hydrogen-bond donors (Lipinski definition) is 1. The number of ether oxygens (including phenoxy) is 1. The van der Waals surface area contributed by atoms with Gasteiger partial charge in [-0.1, -0.05) is 5.16 Å². The summed E-state index contributed by atoms with van der Waals surface area (Å²) in [5.74, 6) is 3.13. The molecule has 9 nitrogen and oxygen atoms in total. The van der Waals surface area contributed by atoms with Crippen molar-refractivity contribution < 1.29 is 14.1 Å². The maximum atomic E-state index is 12.2. The van der Waals surface area contributed by atoms with Gasteiger partial charge in [0.2, 0.25) is 11.8 Å². The van der Waals surface area contributed by atoms with Crippen molar-refractivity contribution in [3.63, 3.8) is 0 Å². The fourth-order valence-corrected chi connectivity index (χ4v) is 3.16. The van der Waals surface area contributed by atoms with Crippen LogP contribution in [0, 0.1) is 20.8 Å². The molecular weight excluding hydrogens is 396 g/mol. The molecule has 0 saturated carbocycles. The van der Waals surface area contributed by atoms with Crippen LogP contribution in [0.1, 0.15) is 29.3 Å². The Bertz CT molecular complexity index is 1160. The summed E-state index contributed by atoms with van der Waals surface area (Å²) in [6, 6.07) is 10.6. The van der Waals surface area contributed by atoms with Crippen LogP contribution in [0.15, 0.2) is 53.3 Å². The standard InChI is InChI=1S/C22H22N6O3/c1-14-19(15(2)31-27-14)8-10-21(29)24-17-4-6-18(7-5-17)30-22-11-9-20(25-26-22)28-13-12-23-16(28)3/h4-7,9,11-13H,8,10H2,1-3H3,(H,24,29). The van der Waals surface area contributed by atoms with Crippen LogP contribution in [0.2, 0.25) is 0 Å². The SMILES string of the molecule is Cc1noc(C)c1CCC(=O)Nc1ccc(Oc2ccc(-n3ccnc3C)nn2)cc1. The van der Waals surface area contributed by atoms with Crippen LogP contribution in [0.25, 0.3) is 5.82 Å². The van der Waals surface area contributed by atoms with Gasteiger partial charge in [0.25, 0.3) is 0 Å². The quantitative estimate of drug-likeness (QED) is 0.484. The van der Waals surface area contributed by atoms with E-state index in [-0.39, 0.29) is 5.91 Å². The summed E-state index contributed by atoms with van der Waals surface area (Å²) in [6.07, 6.45) is 4.46. The smallest absolute Gasteiger partial charge is 0.238 e. The van der Waals surface area contributed by atoms with Gasteiger partial charge in [-0.15, -0.1) is 10.2 Å². The van der Waals surface area contributed by atoms with Gasteiger partial charge in [-0.3, -0.25) is 9.36 Å². The first kappa shape index (κ1) is 20.3. The maximum absolute atomic E-state index is 12.2.